The molecule has 0 fully saturated rings. The Morgan fingerprint density at radius 2 is 2.08 bits per heavy atom. The number of nitrogens with zero attached hydrogens (tertiary/aromatic N) is 1. The summed E-state index contributed by atoms with van der Waals surface area (Å²) in [5, 5.41) is 7.00. The SMILES string of the molecule is C=C(CN(C)CC)Nc1ccc2c3c1Cc1cccc(c1-3)C(=C)N2. The van der Waals surface area contributed by atoms with Gasteiger partial charge >= 0.3 is 0 Å². The molecule has 0 radical (unpaired) electrons. The van der Waals surface area contributed by atoms with Crippen LogP contribution in [0, 0.1) is 0 Å². The molecule has 4 rings (SSSR count). The van der Waals surface area contributed by atoms with Gasteiger partial charge in [-0.3, -0.25) is 0 Å². The van der Waals surface area contributed by atoms with Crippen molar-refractivity contribution >= 4 is 17.1 Å². The molecule has 1 aliphatic carbocycles. The Labute approximate surface area is 143 Å². The third kappa shape index (κ3) is 2.24. The third-order valence-corrected chi connectivity index (χ3v) is 5.00. The molecule has 0 unspecified atom stereocenters. The summed E-state index contributed by atoms with van der Waals surface area (Å²) in [7, 11) is 2.11. The molecule has 0 saturated heterocycles. The van der Waals surface area contributed by atoms with Gasteiger partial charge in [0.2, 0.25) is 0 Å². The fourth-order valence-electron chi connectivity index (χ4n) is 3.72. The summed E-state index contributed by atoms with van der Waals surface area (Å²) < 4.78 is 0. The first-order chi connectivity index (χ1) is 11.6. The molecule has 1 aliphatic heterocycles. The van der Waals surface area contributed by atoms with Crippen LogP contribution in [0.4, 0.5) is 11.4 Å². The quantitative estimate of drug-likeness (QED) is 0.724. The molecule has 2 N–H and O–H groups in total. The van der Waals surface area contributed by atoms with E-state index in [1.165, 1.54) is 33.5 Å². The second-order valence-corrected chi connectivity index (χ2v) is 6.69. The highest BCUT2D eigenvalue weighted by molar-refractivity contribution is 6.03. The summed E-state index contributed by atoms with van der Waals surface area (Å²) in [6, 6.07) is 10.8. The lowest BCUT2D eigenvalue weighted by atomic mass is 9.92. The maximum absolute atomic E-state index is 4.20. The average molecular weight is 317 g/mol. The molecular formula is C21H23N3. The zero-order valence-corrected chi connectivity index (χ0v) is 14.4. The highest BCUT2D eigenvalue weighted by atomic mass is 15.1. The van der Waals surface area contributed by atoms with Crippen molar-refractivity contribution in [3.63, 3.8) is 0 Å². The van der Waals surface area contributed by atoms with Gasteiger partial charge < -0.3 is 15.5 Å². The fraction of sp³-hybridized carbons (Fsp3) is 0.238. The molecule has 2 aromatic carbocycles. The topological polar surface area (TPSA) is 27.3 Å². The van der Waals surface area contributed by atoms with Crippen molar-refractivity contribution in [1.82, 2.24) is 4.90 Å². The third-order valence-electron chi connectivity index (χ3n) is 5.00. The number of likely N-dealkylation sites (N-methyl/N-ethyl adjacent to an activating group) is 1. The summed E-state index contributed by atoms with van der Waals surface area (Å²) >= 11 is 0. The molecule has 3 nitrogen and oxygen atoms in total. The van der Waals surface area contributed by atoms with Crippen LogP contribution in [0.1, 0.15) is 23.6 Å². The van der Waals surface area contributed by atoms with Gasteiger partial charge in [-0.25, -0.2) is 0 Å². The van der Waals surface area contributed by atoms with Crippen LogP contribution in [0.2, 0.25) is 0 Å². The lowest BCUT2D eigenvalue weighted by Crippen LogP contribution is -2.23. The van der Waals surface area contributed by atoms with Crippen LogP contribution in [0.3, 0.4) is 0 Å². The number of anilines is 2. The van der Waals surface area contributed by atoms with Gasteiger partial charge in [0.15, 0.2) is 0 Å². The lowest BCUT2D eigenvalue weighted by molar-refractivity contribution is 0.384. The first-order valence-electron chi connectivity index (χ1n) is 8.46. The molecule has 2 aliphatic rings. The molecular weight excluding hydrogens is 294 g/mol. The van der Waals surface area contributed by atoms with E-state index in [2.05, 4.69) is 73.0 Å². The predicted molar refractivity (Wildman–Crippen MR) is 103 cm³/mol. The van der Waals surface area contributed by atoms with Crippen LogP contribution in [0.5, 0.6) is 0 Å². The summed E-state index contributed by atoms with van der Waals surface area (Å²) in [6.45, 7) is 12.4. The van der Waals surface area contributed by atoms with Gasteiger partial charge in [-0.05, 0) is 42.4 Å². The van der Waals surface area contributed by atoms with Crippen molar-refractivity contribution in [3.8, 4) is 11.1 Å². The van der Waals surface area contributed by atoms with Crippen molar-refractivity contribution in [2.24, 2.45) is 0 Å². The Morgan fingerprint density at radius 3 is 2.88 bits per heavy atom. The van der Waals surface area contributed by atoms with Crippen molar-refractivity contribution in [3.05, 3.63) is 65.9 Å². The van der Waals surface area contributed by atoms with Gasteiger partial charge in [0.1, 0.15) is 0 Å². The first kappa shape index (κ1) is 15.0. The zero-order chi connectivity index (χ0) is 16.8. The van der Waals surface area contributed by atoms with E-state index in [1.54, 1.807) is 0 Å². The second kappa shape index (κ2) is 5.53. The monoisotopic (exact) mass is 317 g/mol. The highest BCUT2D eigenvalue weighted by Gasteiger charge is 2.30. The van der Waals surface area contributed by atoms with Gasteiger partial charge in [-0.15, -0.1) is 0 Å². The Kier molecular flexibility index (Phi) is 3.47. The smallest absolute Gasteiger partial charge is 0.0468 e. The summed E-state index contributed by atoms with van der Waals surface area (Å²) in [4.78, 5) is 2.24. The van der Waals surface area contributed by atoms with Gasteiger partial charge in [-0.1, -0.05) is 38.3 Å². The minimum absolute atomic E-state index is 0.847. The van der Waals surface area contributed by atoms with Crippen LogP contribution < -0.4 is 10.6 Å². The molecule has 0 atom stereocenters. The van der Waals surface area contributed by atoms with Crippen molar-refractivity contribution in [2.75, 3.05) is 30.8 Å². The average Bonchev–Trinajstić information content (AvgIpc) is 2.96. The van der Waals surface area contributed by atoms with Crippen molar-refractivity contribution < 1.29 is 0 Å². The number of hydrogen-bond donors (Lipinski definition) is 2. The standard InChI is InChI=1S/C21H23N3/c1-5-24(4)12-13(2)22-18-9-10-19-21-17(18)11-15-7-6-8-16(20(15)21)14(3)23-19/h6-10,22-23H,2-3,5,11-12H2,1,4H3. The van der Waals surface area contributed by atoms with Crippen LogP contribution >= 0.6 is 0 Å². The van der Waals surface area contributed by atoms with Gasteiger partial charge in [0.05, 0.1) is 0 Å². The minimum Gasteiger partial charge on any atom is -0.358 e. The lowest BCUT2D eigenvalue weighted by Gasteiger charge is -2.24. The molecule has 0 amide bonds. The normalized spacial score (nSPS) is 13.7. The van der Waals surface area contributed by atoms with Gasteiger partial charge in [-0.2, -0.15) is 0 Å². The largest absolute Gasteiger partial charge is 0.358 e. The van der Waals surface area contributed by atoms with E-state index in [1.807, 2.05) is 0 Å². The van der Waals surface area contributed by atoms with E-state index in [9.17, 15) is 0 Å². The number of benzene rings is 2. The predicted octanol–water partition coefficient (Wildman–Crippen LogP) is 4.53. The molecule has 1 heterocycles. The van der Waals surface area contributed by atoms with Crippen LogP contribution in [-0.2, 0) is 6.42 Å². The second-order valence-electron chi connectivity index (χ2n) is 6.69. The molecule has 0 bridgehead atoms. The molecule has 24 heavy (non-hydrogen) atoms. The first-order valence-corrected chi connectivity index (χ1v) is 8.46. The molecule has 2 aromatic rings. The summed E-state index contributed by atoms with van der Waals surface area (Å²) in [5.74, 6) is 0. The van der Waals surface area contributed by atoms with Gasteiger partial charge in [0.25, 0.3) is 0 Å². The summed E-state index contributed by atoms with van der Waals surface area (Å²) in [5.41, 5.74) is 11.0. The Morgan fingerprint density at radius 1 is 1.25 bits per heavy atom. The van der Waals surface area contributed by atoms with Crippen LogP contribution in [0.15, 0.2) is 49.2 Å². The van der Waals surface area contributed by atoms with Crippen molar-refractivity contribution in [1.29, 1.82) is 0 Å². The number of rotatable bonds is 5. The zero-order valence-electron chi connectivity index (χ0n) is 14.4. The maximum Gasteiger partial charge on any atom is 0.0468 e. The maximum atomic E-state index is 4.20. The molecule has 0 saturated carbocycles. The minimum atomic E-state index is 0.847. The van der Waals surface area contributed by atoms with E-state index >= 15 is 0 Å². The number of nitrogens with one attached hydrogen (secondary N) is 2. The van der Waals surface area contributed by atoms with E-state index in [0.29, 0.717) is 0 Å². The Bertz CT molecular complexity index is 864. The van der Waals surface area contributed by atoms with E-state index < -0.39 is 0 Å². The van der Waals surface area contributed by atoms with E-state index in [4.69, 9.17) is 0 Å². The van der Waals surface area contributed by atoms with Crippen LogP contribution in [0.25, 0.3) is 16.8 Å². The van der Waals surface area contributed by atoms with Crippen LogP contribution in [-0.4, -0.2) is 25.0 Å². The Hall–Kier alpha value is -2.52. The molecule has 0 spiro atoms. The van der Waals surface area contributed by atoms with Crippen molar-refractivity contribution in [2.45, 2.75) is 13.3 Å². The van der Waals surface area contributed by atoms with Gasteiger partial charge in [0, 0.05) is 46.9 Å². The number of hydrogen-bond acceptors (Lipinski definition) is 3. The summed E-state index contributed by atoms with van der Waals surface area (Å²) in [6.07, 6.45) is 0.959. The fourth-order valence-corrected chi connectivity index (χ4v) is 3.72. The van der Waals surface area contributed by atoms with E-state index in [-0.39, 0.29) is 0 Å². The molecule has 3 heteroatoms. The molecule has 0 aromatic heterocycles. The van der Waals surface area contributed by atoms with E-state index in [0.717, 1.165) is 36.6 Å². The molecule has 122 valence electrons. The Balaban J connectivity index is 1.74. The highest BCUT2D eigenvalue weighted by Crippen LogP contribution is 2.50.